The Labute approximate surface area is 257 Å². The van der Waals surface area contributed by atoms with Crippen LogP contribution in [0.4, 0.5) is 18.0 Å². The third-order valence-electron chi connectivity index (χ3n) is 6.44. The molecule has 0 saturated carbocycles. The van der Waals surface area contributed by atoms with Crippen LogP contribution < -0.4 is 21.3 Å². The van der Waals surface area contributed by atoms with Crippen molar-refractivity contribution in [2.75, 3.05) is 0 Å². The summed E-state index contributed by atoms with van der Waals surface area (Å²) in [6.45, 7) is 1.08. The second-order valence-corrected chi connectivity index (χ2v) is 10.1. The van der Waals surface area contributed by atoms with E-state index in [1.807, 2.05) is 5.32 Å². The summed E-state index contributed by atoms with van der Waals surface area (Å²) < 4.78 is 45.4. The normalized spacial score (nSPS) is 13.0. The number of ether oxygens (including phenoxy) is 1. The highest BCUT2D eigenvalue weighted by atomic mass is 19.4. The molecule has 3 aromatic carbocycles. The lowest BCUT2D eigenvalue weighted by Gasteiger charge is -2.25. The predicted molar refractivity (Wildman–Crippen MR) is 157 cm³/mol. The summed E-state index contributed by atoms with van der Waals surface area (Å²) in [6, 6.07) is 20.4. The van der Waals surface area contributed by atoms with Crippen LogP contribution in [-0.2, 0) is 43.5 Å². The zero-order valence-electron chi connectivity index (χ0n) is 24.3. The number of rotatable bonds is 14. The number of alkyl halides is 3. The van der Waals surface area contributed by atoms with Crippen molar-refractivity contribution in [3.05, 3.63) is 108 Å². The molecule has 0 aromatic heterocycles. The zero-order valence-corrected chi connectivity index (χ0v) is 24.3. The van der Waals surface area contributed by atoms with Crippen molar-refractivity contribution in [1.29, 1.82) is 0 Å². The van der Waals surface area contributed by atoms with Crippen LogP contribution in [0.2, 0.25) is 0 Å². The van der Waals surface area contributed by atoms with E-state index < -0.39 is 60.3 Å². The van der Waals surface area contributed by atoms with Gasteiger partial charge in [-0.25, -0.2) is 4.79 Å². The Morgan fingerprint density at radius 2 is 1.20 bits per heavy atom. The van der Waals surface area contributed by atoms with Crippen molar-refractivity contribution >= 4 is 29.6 Å². The minimum Gasteiger partial charge on any atom is -0.445 e. The predicted octanol–water partition coefficient (Wildman–Crippen LogP) is 3.35. The molecule has 3 atom stereocenters. The summed E-state index contributed by atoms with van der Waals surface area (Å²) >= 11 is 0. The van der Waals surface area contributed by atoms with Crippen molar-refractivity contribution in [2.45, 2.75) is 57.2 Å². The summed E-state index contributed by atoms with van der Waals surface area (Å²) in [5, 5.41) is 8.85. The van der Waals surface area contributed by atoms with Gasteiger partial charge in [0.25, 0.3) is 5.91 Å². The Bertz CT molecular complexity index is 1440. The molecule has 0 spiro atoms. The number of carbonyl (C=O) groups is 5. The summed E-state index contributed by atoms with van der Waals surface area (Å²) in [5.41, 5.74) is 1.89. The molecule has 0 bridgehead atoms. The topological polar surface area (TPSA) is 143 Å². The number of hydrogen-bond donors (Lipinski definition) is 4. The van der Waals surface area contributed by atoms with Crippen molar-refractivity contribution in [3.63, 3.8) is 0 Å². The molecule has 0 radical (unpaired) electrons. The van der Waals surface area contributed by atoms with Gasteiger partial charge in [0.1, 0.15) is 24.7 Å². The highest BCUT2D eigenvalue weighted by molar-refractivity contribution is 6.38. The molecule has 13 heteroatoms. The largest absolute Gasteiger partial charge is 0.445 e. The molecule has 10 nitrogen and oxygen atoms in total. The molecule has 4 N–H and O–H groups in total. The third-order valence-corrected chi connectivity index (χ3v) is 6.44. The molecule has 0 aliphatic heterocycles. The van der Waals surface area contributed by atoms with E-state index in [2.05, 4.69) is 16.0 Å². The maximum absolute atomic E-state index is 13.5. The van der Waals surface area contributed by atoms with Gasteiger partial charge >= 0.3 is 12.3 Å². The smallest absolute Gasteiger partial charge is 0.408 e. The van der Waals surface area contributed by atoms with Gasteiger partial charge in [-0.2, -0.15) is 13.2 Å². The van der Waals surface area contributed by atoms with Crippen LogP contribution in [0.25, 0.3) is 0 Å². The van der Waals surface area contributed by atoms with Gasteiger partial charge in [0.15, 0.2) is 0 Å². The second kappa shape index (κ2) is 16.6. The third kappa shape index (κ3) is 12.1. The quantitative estimate of drug-likeness (QED) is 0.202. The van der Waals surface area contributed by atoms with Crippen molar-refractivity contribution < 1.29 is 41.9 Å². The molecule has 0 aliphatic carbocycles. The van der Waals surface area contributed by atoms with Gasteiger partial charge in [-0.15, -0.1) is 0 Å². The maximum atomic E-state index is 13.5. The zero-order chi connectivity index (χ0) is 32.8. The van der Waals surface area contributed by atoms with E-state index in [0.717, 1.165) is 0 Å². The first kappa shape index (κ1) is 34.3. The average Bonchev–Trinajstić information content (AvgIpc) is 3.02. The molecule has 0 fully saturated rings. The standard InChI is InChI=1S/C32H33F3N4O6/c1-21(37-31(44)45-20-24-15-9-4-10-16-24)28(41)39-26(18-32(33,34)35)29(42)38-25(17-22-11-5-2-6-12-22)27(40)30(43)36-19-23-13-7-3-8-14-23/h2-16,21,25-26H,17-20H2,1H3,(H,36,43)(H,37,44)(H,38,42)(H,39,41)/t21-,25-,26-/m0/s1. The Morgan fingerprint density at radius 1 is 0.689 bits per heavy atom. The van der Waals surface area contributed by atoms with Gasteiger partial charge in [0.05, 0.1) is 6.42 Å². The fraction of sp³-hybridized carbons (Fsp3) is 0.281. The lowest BCUT2D eigenvalue weighted by Crippen LogP contribution is -2.57. The van der Waals surface area contributed by atoms with Crippen LogP contribution in [0.15, 0.2) is 91.0 Å². The summed E-state index contributed by atoms with van der Waals surface area (Å²) in [5.74, 6) is -4.59. The summed E-state index contributed by atoms with van der Waals surface area (Å²) in [4.78, 5) is 63.9. The van der Waals surface area contributed by atoms with Gasteiger partial charge < -0.3 is 26.0 Å². The van der Waals surface area contributed by atoms with E-state index in [1.54, 1.807) is 91.0 Å². The monoisotopic (exact) mass is 626 g/mol. The van der Waals surface area contributed by atoms with Crippen LogP contribution in [0.1, 0.15) is 30.0 Å². The fourth-order valence-corrected chi connectivity index (χ4v) is 4.10. The first-order valence-corrected chi connectivity index (χ1v) is 14.0. The molecule has 3 rings (SSSR count). The molecule has 0 heterocycles. The first-order chi connectivity index (χ1) is 21.4. The minimum absolute atomic E-state index is 0.00282. The van der Waals surface area contributed by atoms with Crippen molar-refractivity contribution in [2.24, 2.45) is 0 Å². The number of hydrogen-bond acceptors (Lipinski definition) is 6. The molecular weight excluding hydrogens is 593 g/mol. The highest BCUT2D eigenvalue weighted by Gasteiger charge is 2.39. The second-order valence-electron chi connectivity index (χ2n) is 10.1. The number of alkyl carbamates (subject to hydrolysis) is 1. The van der Waals surface area contributed by atoms with Crippen molar-refractivity contribution in [3.8, 4) is 0 Å². The number of amides is 4. The Balaban J connectivity index is 1.68. The Kier molecular flexibility index (Phi) is 12.6. The molecule has 0 aliphatic rings. The molecule has 45 heavy (non-hydrogen) atoms. The molecule has 0 saturated heterocycles. The Morgan fingerprint density at radius 3 is 1.76 bits per heavy atom. The van der Waals surface area contributed by atoms with Gasteiger partial charge in [0.2, 0.25) is 17.6 Å². The maximum Gasteiger partial charge on any atom is 0.408 e. The van der Waals surface area contributed by atoms with Gasteiger partial charge in [-0.05, 0) is 23.6 Å². The van der Waals surface area contributed by atoms with Gasteiger partial charge in [0, 0.05) is 13.0 Å². The van der Waals surface area contributed by atoms with Gasteiger partial charge in [-0.1, -0.05) is 91.0 Å². The lowest BCUT2D eigenvalue weighted by atomic mass is 10.0. The number of nitrogens with one attached hydrogen (secondary N) is 4. The van der Waals surface area contributed by atoms with E-state index in [-0.39, 0.29) is 19.6 Å². The summed E-state index contributed by atoms with van der Waals surface area (Å²) in [6.07, 6.45) is -7.88. The van der Waals surface area contributed by atoms with Crippen LogP contribution in [0.3, 0.4) is 0 Å². The average molecular weight is 627 g/mol. The fourth-order valence-electron chi connectivity index (χ4n) is 4.10. The minimum atomic E-state index is -4.90. The molecule has 238 valence electrons. The number of ketones is 1. The van der Waals surface area contributed by atoms with Crippen LogP contribution in [0.5, 0.6) is 0 Å². The molecular formula is C32H33F3N4O6. The molecule has 3 aromatic rings. The first-order valence-electron chi connectivity index (χ1n) is 14.0. The summed E-state index contributed by atoms with van der Waals surface area (Å²) in [7, 11) is 0. The van der Waals surface area contributed by atoms with Gasteiger partial charge in [-0.3, -0.25) is 19.2 Å². The number of carbonyl (C=O) groups excluding carboxylic acids is 5. The number of benzene rings is 3. The Hall–Kier alpha value is -5.20. The number of halogens is 3. The van der Waals surface area contributed by atoms with Crippen LogP contribution in [0, 0.1) is 0 Å². The van der Waals surface area contributed by atoms with E-state index in [9.17, 15) is 37.1 Å². The van der Waals surface area contributed by atoms with Crippen molar-refractivity contribution in [1.82, 2.24) is 21.3 Å². The van der Waals surface area contributed by atoms with E-state index in [4.69, 9.17) is 4.74 Å². The van der Waals surface area contributed by atoms with E-state index in [0.29, 0.717) is 16.7 Å². The molecule has 4 amide bonds. The lowest BCUT2D eigenvalue weighted by molar-refractivity contribution is -0.152. The van der Waals surface area contributed by atoms with E-state index >= 15 is 0 Å². The SMILES string of the molecule is C[C@H](NC(=O)OCc1ccccc1)C(=O)N[C@@H](CC(F)(F)F)C(=O)N[C@@H](Cc1ccccc1)C(=O)C(=O)NCc1ccccc1. The molecule has 0 unspecified atom stereocenters. The van der Waals surface area contributed by atoms with Crippen LogP contribution >= 0.6 is 0 Å². The van der Waals surface area contributed by atoms with Crippen LogP contribution in [-0.4, -0.2) is 53.9 Å². The number of Topliss-reactive ketones (excluding diaryl/α,β-unsaturated/α-hetero) is 1. The highest BCUT2D eigenvalue weighted by Crippen LogP contribution is 2.22. The van der Waals surface area contributed by atoms with E-state index in [1.165, 1.54) is 6.92 Å².